The zero-order valence-corrected chi connectivity index (χ0v) is 16.0. The van der Waals surface area contributed by atoms with Crippen molar-refractivity contribution in [1.82, 2.24) is 10.2 Å². The van der Waals surface area contributed by atoms with Gasteiger partial charge in [-0.2, -0.15) is 0 Å². The molecule has 2 aliphatic rings. The number of methoxy groups -OCH3 is 1. The number of rotatable bonds is 5. The SMILES string of the molecule is COC1(CNC(=O)N2CCCC(C(=O)O)C2)CCC(c2ccccc2)CC1. The lowest BCUT2D eigenvalue weighted by atomic mass is 9.76. The molecule has 2 amide bonds. The molecule has 1 aliphatic carbocycles. The van der Waals surface area contributed by atoms with Gasteiger partial charge in [-0.15, -0.1) is 0 Å². The summed E-state index contributed by atoms with van der Waals surface area (Å²) in [5.74, 6) is -0.731. The van der Waals surface area contributed by atoms with Crippen LogP contribution in [0.15, 0.2) is 30.3 Å². The van der Waals surface area contributed by atoms with Gasteiger partial charge >= 0.3 is 12.0 Å². The summed E-state index contributed by atoms with van der Waals surface area (Å²) in [5, 5.41) is 12.2. The van der Waals surface area contributed by atoms with Gasteiger partial charge in [0.05, 0.1) is 11.5 Å². The number of carboxylic acid groups (broad SMARTS) is 1. The predicted octanol–water partition coefficient (Wildman–Crippen LogP) is 3.24. The van der Waals surface area contributed by atoms with Crippen molar-refractivity contribution < 1.29 is 19.4 Å². The first-order valence-electron chi connectivity index (χ1n) is 9.89. The number of nitrogens with zero attached hydrogens (tertiary/aromatic N) is 1. The van der Waals surface area contributed by atoms with Crippen molar-refractivity contribution >= 4 is 12.0 Å². The van der Waals surface area contributed by atoms with Crippen molar-refractivity contribution in [2.45, 2.75) is 50.0 Å². The third-order valence-electron chi connectivity index (χ3n) is 6.22. The van der Waals surface area contributed by atoms with Gasteiger partial charge in [-0.25, -0.2) is 4.79 Å². The van der Waals surface area contributed by atoms with Gasteiger partial charge in [0.1, 0.15) is 0 Å². The molecule has 1 heterocycles. The fraction of sp³-hybridized carbons (Fsp3) is 0.619. The number of hydrogen-bond acceptors (Lipinski definition) is 3. The first kappa shape index (κ1) is 19.7. The number of amides is 2. The Kier molecular flexibility index (Phi) is 6.37. The monoisotopic (exact) mass is 374 g/mol. The Morgan fingerprint density at radius 2 is 1.93 bits per heavy atom. The van der Waals surface area contributed by atoms with E-state index in [9.17, 15) is 14.7 Å². The topological polar surface area (TPSA) is 78.9 Å². The van der Waals surface area contributed by atoms with Gasteiger partial charge < -0.3 is 20.1 Å². The summed E-state index contributed by atoms with van der Waals surface area (Å²) < 4.78 is 5.83. The number of urea groups is 1. The van der Waals surface area contributed by atoms with Crippen LogP contribution in [0.5, 0.6) is 0 Å². The van der Waals surface area contributed by atoms with Crippen LogP contribution in [-0.4, -0.2) is 54.4 Å². The third-order valence-corrected chi connectivity index (χ3v) is 6.22. The standard InChI is InChI=1S/C21H30N2O4/c1-27-21(11-9-17(10-12-21)16-6-3-2-4-7-16)15-22-20(26)23-13-5-8-18(14-23)19(24)25/h2-4,6-7,17-18H,5,8-15H2,1H3,(H,22,26)(H,24,25). The maximum Gasteiger partial charge on any atom is 0.317 e. The van der Waals surface area contributed by atoms with Crippen LogP contribution in [0.1, 0.15) is 50.0 Å². The van der Waals surface area contributed by atoms with Crippen molar-refractivity contribution in [3.63, 3.8) is 0 Å². The Hall–Kier alpha value is -2.08. The maximum atomic E-state index is 12.5. The summed E-state index contributed by atoms with van der Waals surface area (Å²) in [5.41, 5.74) is 1.04. The third kappa shape index (κ3) is 4.80. The smallest absolute Gasteiger partial charge is 0.317 e. The summed E-state index contributed by atoms with van der Waals surface area (Å²) >= 11 is 0. The molecule has 1 saturated heterocycles. The number of likely N-dealkylation sites (tertiary alicyclic amines) is 1. The van der Waals surface area contributed by atoms with Crippen LogP contribution in [0.2, 0.25) is 0 Å². The number of nitrogens with one attached hydrogen (secondary N) is 1. The summed E-state index contributed by atoms with van der Waals surface area (Å²) in [6, 6.07) is 10.4. The minimum absolute atomic E-state index is 0.178. The Morgan fingerprint density at radius 1 is 1.22 bits per heavy atom. The molecule has 1 aromatic rings. The van der Waals surface area contributed by atoms with E-state index < -0.39 is 11.9 Å². The molecule has 0 radical (unpaired) electrons. The van der Waals surface area contributed by atoms with E-state index >= 15 is 0 Å². The normalized spacial score (nSPS) is 28.6. The molecule has 6 nitrogen and oxygen atoms in total. The molecule has 1 aromatic carbocycles. The Morgan fingerprint density at radius 3 is 2.56 bits per heavy atom. The van der Waals surface area contributed by atoms with E-state index in [2.05, 4.69) is 29.6 Å². The van der Waals surface area contributed by atoms with Crippen LogP contribution < -0.4 is 5.32 Å². The minimum atomic E-state index is -0.819. The summed E-state index contributed by atoms with van der Waals surface area (Å²) in [6.45, 7) is 1.38. The Labute approximate surface area is 160 Å². The summed E-state index contributed by atoms with van der Waals surface area (Å²) in [7, 11) is 1.72. The van der Waals surface area contributed by atoms with E-state index in [1.54, 1.807) is 12.0 Å². The van der Waals surface area contributed by atoms with Gasteiger partial charge in [0, 0.05) is 26.7 Å². The zero-order valence-electron chi connectivity index (χ0n) is 16.0. The van der Waals surface area contributed by atoms with Crippen LogP contribution in [0.25, 0.3) is 0 Å². The zero-order chi connectivity index (χ0) is 19.3. The van der Waals surface area contributed by atoms with Crippen LogP contribution in [0, 0.1) is 5.92 Å². The van der Waals surface area contributed by atoms with Crippen LogP contribution >= 0.6 is 0 Å². The van der Waals surface area contributed by atoms with E-state index in [4.69, 9.17) is 4.74 Å². The van der Waals surface area contributed by atoms with Crippen molar-refractivity contribution in [2.75, 3.05) is 26.7 Å². The van der Waals surface area contributed by atoms with Gasteiger partial charge in [-0.1, -0.05) is 30.3 Å². The molecule has 148 valence electrons. The molecule has 0 bridgehead atoms. The molecular weight excluding hydrogens is 344 g/mol. The Bertz CT molecular complexity index is 641. The van der Waals surface area contributed by atoms with Crippen LogP contribution in [0.3, 0.4) is 0 Å². The number of carboxylic acids is 1. The predicted molar refractivity (Wildman–Crippen MR) is 103 cm³/mol. The molecular formula is C21H30N2O4. The van der Waals surface area contributed by atoms with Crippen LogP contribution in [0.4, 0.5) is 4.79 Å². The van der Waals surface area contributed by atoms with E-state index in [1.807, 2.05) is 6.07 Å². The number of hydrogen-bond donors (Lipinski definition) is 2. The quantitative estimate of drug-likeness (QED) is 0.829. The molecule has 2 fully saturated rings. The molecule has 2 N–H and O–H groups in total. The van der Waals surface area contributed by atoms with Gasteiger partial charge in [-0.3, -0.25) is 4.79 Å². The highest BCUT2D eigenvalue weighted by molar-refractivity contribution is 5.76. The molecule has 1 atom stereocenters. The van der Waals surface area contributed by atoms with Gasteiger partial charge in [-0.05, 0) is 50.0 Å². The van der Waals surface area contributed by atoms with Crippen molar-refractivity contribution in [1.29, 1.82) is 0 Å². The lowest BCUT2D eigenvalue weighted by Gasteiger charge is -2.40. The molecule has 27 heavy (non-hydrogen) atoms. The lowest BCUT2D eigenvalue weighted by Crippen LogP contribution is -2.52. The number of carbonyl (C=O) groups excluding carboxylic acids is 1. The number of benzene rings is 1. The first-order valence-corrected chi connectivity index (χ1v) is 9.89. The average molecular weight is 374 g/mol. The fourth-order valence-electron chi connectivity index (χ4n) is 4.37. The first-order chi connectivity index (χ1) is 13.0. The second kappa shape index (κ2) is 8.74. The van der Waals surface area contributed by atoms with E-state index in [1.165, 1.54) is 5.56 Å². The fourth-order valence-corrected chi connectivity index (χ4v) is 4.37. The average Bonchev–Trinajstić information content (AvgIpc) is 2.73. The van der Waals surface area contributed by atoms with E-state index in [0.29, 0.717) is 25.4 Å². The Balaban J connectivity index is 1.52. The van der Waals surface area contributed by atoms with Gasteiger partial charge in [0.2, 0.25) is 0 Å². The molecule has 0 aromatic heterocycles. The van der Waals surface area contributed by atoms with Crippen molar-refractivity contribution in [3.05, 3.63) is 35.9 Å². The van der Waals surface area contributed by atoms with Crippen molar-refractivity contribution in [3.8, 4) is 0 Å². The number of aliphatic carboxylic acids is 1. The summed E-state index contributed by atoms with van der Waals surface area (Å²) in [6.07, 6.45) is 5.26. The lowest BCUT2D eigenvalue weighted by molar-refractivity contribution is -0.143. The van der Waals surface area contributed by atoms with E-state index in [-0.39, 0.29) is 18.2 Å². The largest absolute Gasteiger partial charge is 0.481 e. The molecule has 1 saturated carbocycles. The highest BCUT2D eigenvalue weighted by Crippen LogP contribution is 2.39. The molecule has 3 rings (SSSR count). The van der Waals surface area contributed by atoms with Crippen LogP contribution in [-0.2, 0) is 9.53 Å². The van der Waals surface area contributed by atoms with E-state index in [0.717, 1.165) is 32.1 Å². The molecule has 1 unspecified atom stereocenters. The molecule has 6 heteroatoms. The molecule has 1 aliphatic heterocycles. The molecule has 0 spiro atoms. The van der Waals surface area contributed by atoms with Gasteiger partial charge in [0.25, 0.3) is 0 Å². The summed E-state index contributed by atoms with van der Waals surface area (Å²) in [4.78, 5) is 25.3. The number of ether oxygens (including phenoxy) is 1. The number of piperidine rings is 1. The number of carbonyl (C=O) groups is 2. The highest BCUT2D eigenvalue weighted by Gasteiger charge is 2.37. The second-order valence-electron chi connectivity index (χ2n) is 7.85. The van der Waals surface area contributed by atoms with Crippen molar-refractivity contribution in [2.24, 2.45) is 5.92 Å². The minimum Gasteiger partial charge on any atom is -0.481 e. The second-order valence-corrected chi connectivity index (χ2v) is 7.85. The van der Waals surface area contributed by atoms with Gasteiger partial charge in [0.15, 0.2) is 0 Å². The maximum absolute atomic E-state index is 12.5. The highest BCUT2D eigenvalue weighted by atomic mass is 16.5.